The molecule has 2 aromatic rings. The van der Waals surface area contributed by atoms with Crippen molar-refractivity contribution in [3.8, 4) is 0 Å². The number of rotatable bonds is 4. The summed E-state index contributed by atoms with van der Waals surface area (Å²) in [5.74, 6) is 0.913. The van der Waals surface area contributed by atoms with Crippen molar-refractivity contribution >= 4 is 15.7 Å². The summed E-state index contributed by atoms with van der Waals surface area (Å²) in [5, 5.41) is 0. The number of furan rings is 1. The minimum absolute atomic E-state index is 0.125. The van der Waals surface area contributed by atoms with E-state index in [1.165, 1.54) is 11.4 Å². The molecule has 0 aliphatic heterocycles. The molecule has 0 spiro atoms. The molecule has 0 amide bonds. The van der Waals surface area contributed by atoms with Crippen LogP contribution >= 0.6 is 0 Å². The lowest BCUT2D eigenvalue weighted by atomic mass is 10.2. The predicted octanol–water partition coefficient (Wildman–Crippen LogP) is 2.18. The maximum atomic E-state index is 12.8. The lowest BCUT2D eigenvalue weighted by Gasteiger charge is -2.19. The molecule has 0 unspecified atom stereocenters. The highest BCUT2D eigenvalue weighted by Crippen LogP contribution is 2.30. The van der Waals surface area contributed by atoms with E-state index in [1.54, 1.807) is 38.1 Å². The van der Waals surface area contributed by atoms with Crippen LogP contribution in [0.15, 0.2) is 39.6 Å². The fourth-order valence-corrected chi connectivity index (χ4v) is 3.81. The first kappa shape index (κ1) is 14.6. The van der Waals surface area contributed by atoms with Crippen molar-refractivity contribution in [3.63, 3.8) is 0 Å². The predicted molar refractivity (Wildman–Crippen MR) is 78.1 cm³/mol. The monoisotopic (exact) mass is 294 g/mol. The van der Waals surface area contributed by atoms with Gasteiger partial charge in [-0.3, -0.25) is 4.31 Å². The molecule has 0 bridgehead atoms. The highest BCUT2D eigenvalue weighted by atomic mass is 32.2. The van der Waals surface area contributed by atoms with Crippen molar-refractivity contribution in [1.29, 1.82) is 0 Å². The van der Waals surface area contributed by atoms with E-state index in [2.05, 4.69) is 0 Å². The molecule has 0 radical (unpaired) electrons. The zero-order valence-corrected chi connectivity index (χ0v) is 12.6. The molecule has 0 aliphatic carbocycles. The normalized spacial score (nSPS) is 11.6. The molecular formula is C14H18N2O3S. The van der Waals surface area contributed by atoms with Gasteiger partial charge in [0.1, 0.15) is 16.4 Å². The molecule has 0 saturated heterocycles. The molecule has 20 heavy (non-hydrogen) atoms. The van der Waals surface area contributed by atoms with Gasteiger partial charge in [-0.25, -0.2) is 8.42 Å². The Hall–Kier alpha value is -1.79. The summed E-state index contributed by atoms with van der Waals surface area (Å²) in [7, 11) is -2.16. The number of hydrogen-bond acceptors (Lipinski definition) is 4. The van der Waals surface area contributed by atoms with Crippen molar-refractivity contribution in [2.45, 2.75) is 25.3 Å². The van der Waals surface area contributed by atoms with Gasteiger partial charge in [0.15, 0.2) is 0 Å². The molecule has 0 aliphatic rings. The third-order valence-electron chi connectivity index (χ3n) is 3.27. The van der Waals surface area contributed by atoms with Gasteiger partial charge in [-0.15, -0.1) is 0 Å². The number of aryl methyl sites for hydroxylation is 2. The summed E-state index contributed by atoms with van der Waals surface area (Å²) >= 11 is 0. The van der Waals surface area contributed by atoms with Crippen molar-refractivity contribution in [2.24, 2.45) is 5.73 Å². The van der Waals surface area contributed by atoms with Crippen LogP contribution in [-0.2, 0) is 16.6 Å². The van der Waals surface area contributed by atoms with Gasteiger partial charge in [-0.05, 0) is 26.0 Å². The molecule has 0 atom stereocenters. The maximum absolute atomic E-state index is 12.8. The van der Waals surface area contributed by atoms with Gasteiger partial charge in [-0.1, -0.05) is 18.2 Å². The lowest BCUT2D eigenvalue weighted by Crippen LogP contribution is -2.27. The van der Waals surface area contributed by atoms with Gasteiger partial charge in [0.05, 0.1) is 5.69 Å². The summed E-state index contributed by atoms with van der Waals surface area (Å²) in [4.78, 5) is 0.170. The summed E-state index contributed by atoms with van der Waals surface area (Å²) in [6.07, 6.45) is 0. The largest absolute Gasteiger partial charge is 0.465 e. The van der Waals surface area contributed by atoms with E-state index in [1.807, 2.05) is 6.07 Å². The highest BCUT2D eigenvalue weighted by molar-refractivity contribution is 7.92. The van der Waals surface area contributed by atoms with Crippen LogP contribution < -0.4 is 10.0 Å². The van der Waals surface area contributed by atoms with E-state index in [9.17, 15) is 8.42 Å². The zero-order chi connectivity index (χ0) is 14.9. The van der Waals surface area contributed by atoms with Crippen molar-refractivity contribution in [3.05, 3.63) is 47.4 Å². The molecule has 1 aromatic heterocycles. The van der Waals surface area contributed by atoms with Crippen LogP contribution in [0.1, 0.15) is 17.1 Å². The molecule has 5 nitrogen and oxygen atoms in total. The Labute approximate surface area is 119 Å². The molecule has 108 valence electrons. The van der Waals surface area contributed by atoms with Crippen molar-refractivity contribution in [1.82, 2.24) is 0 Å². The van der Waals surface area contributed by atoms with Gasteiger partial charge >= 0.3 is 0 Å². The summed E-state index contributed by atoms with van der Waals surface area (Å²) in [6, 6.07) is 8.89. The lowest BCUT2D eigenvalue weighted by molar-refractivity contribution is 0.494. The number of hydrogen-bond donors (Lipinski definition) is 1. The maximum Gasteiger partial charge on any atom is 0.267 e. The van der Waals surface area contributed by atoms with Crippen molar-refractivity contribution < 1.29 is 12.8 Å². The second-order valence-corrected chi connectivity index (χ2v) is 6.44. The highest BCUT2D eigenvalue weighted by Gasteiger charge is 2.30. The standard InChI is InChI=1S/C14H18N2O3S/c1-10-13(9-15)14(11(2)19-10)20(17,18)16(3)12-7-5-4-6-8-12/h4-8H,9,15H2,1-3H3. The number of nitrogens with zero attached hydrogens (tertiary/aromatic N) is 1. The molecule has 1 heterocycles. The molecule has 0 saturated carbocycles. The smallest absolute Gasteiger partial charge is 0.267 e. The molecule has 2 N–H and O–H groups in total. The second kappa shape index (κ2) is 5.30. The fourth-order valence-electron chi connectivity index (χ4n) is 2.20. The van der Waals surface area contributed by atoms with Crippen molar-refractivity contribution in [2.75, 3.05) is 11.4 Å². The molecule has 1 aromatic carbocycles. The third-order valence-corrected chi connectivity index (χ3v) is 5.25. The minimum atomic E-state index is -3.69. The average molecular weight is 294 g/mol. The Balaban J connectivity index is 2.57. The Bertz CT molecular complexity index is 706. The van der Waals surface area contributed by atoms with E-state index in [0.29, 0.717) is 22.8 Å². The zero-order valence-electron chi connectivity index (χ0n) is 11.8. The van der Waals surface area contributed by atoms with E-state index < -0.39 is 10.0 Å². The Kier molecular flexibility index (Phi) is 3.87. The number of sulfonamides is 1. The van der Waals surface area contributed by atoms with E-state index in [0.717, 1.165) is 0 Å². The second-order valence-electron chi connectivity index (χ2n) is 4.53. The van der Waals surface area contributed by atoms with Crippen LogP contribution in [0, 0.1) is 13.8 Å². The van der Waals surface area contributed by atoms with Gasteiger partial charge in [0.2, 0.25) is 0 Å². The Morgan fingerprint density at radius 2 is 1.75 bits per heavy atom. The van der Waals surface area contributed by atoms with Crippen LogP contribution in [0.2, 0.25) is 0 Å². The van der Waals surface area contributed by atoms with Crippen LogP contribution in [-0.4, -0.2) is 15.5 Å². The van der Waals surface area contributed by atoms with E-state index in [-0.39, 0.29) is 11.4 Å². The number of nitrogens with two attached hydrogens (primary N) is 1. The summed E-state index contributed by atoms with van der Waals surface area (Å²) in [5.41, 5.74) is 6.78. The fraction of sp³-hybridized carbons (Fsp3) is 0.286. The first-order valence-electron chi connectivity index (χ1n) is 6.22. The van der Waals surface area contributed by atoms with Crippen LogP contribution in [0.25, 0.3) is 0 Å². The average Bonchev–Trinajstić information content (AvgIpc) is 2.73. The SMILES string of the molecule is Cc1oc(C)c(S(=O)(=O)N(C)c2ccccc2)c1CN. The summed E-state index contributed by atoms with van der Waals surface area (Å²) in [6.45, 7) is 3.48. The molecular weight excluding hydrogens is 276 g/mol. The van der Waals surface area contributed by atoms with Gasteiger partial charge in [0, 0.05) is 19.2 Å². The first-order chi connectivity index (χ1) is 9.39. The topological polar surface area (TPSA) is 76.5 Å². The quantitative estimate of drug-likeness (QED) is 0.937. The van der Waals surface area contributed by atoms with Gasteiger partial charge < -0.3 is 10.2 Å². The minimum Gasteiger partial charge on any atom is -0.465 e. The first-order valence-corrected chi connectivity index (χ1v) is 7.66. The van der Waals surface area contributed by atoms with Crippen LogP contribution in [0.5, 0.6) is 0 Å². The van der Waals surface area contributed by atoms with E-state index >= 15 is 0 Å². The van der Waals surface area contributed by atoms with Gasteiger partial charge in [0.25, 0.3) is 10.0 Å². The Morgan fingerprint density at radius 3 is 2.30 bits per heavy atom. The number of para-hydroxylation sites is 1. The van der Waals surface area contributed by atoms with Crippen LogP contribution in [0.3, 0.4) is 0 Å². The molecule has 6 heteroatoms. The molecule has 2 rings (SSSR count). The third kappa shape index (κ3) is 2.32. The van der Waals surface area contributed by atoms with E-state index in [4.69, 9.17) is 10.2 Å². The van der Waals surface area contributed by atoms with Gasteiger partial charge in [-0.2, -0.15) is 0 Å². The number of benzene rings is 1. The Morgan fingerprint density at radius 1 is 1.15 bits per heavy atom. The summed E-state index contributed by atoms with van der Waals surface area (Å²) < 4.78 is 32.2. The molecule has 0 fully saturated rings. The number of anilines is 1. The van der Waals surface area contributed by atoms with Crippen LogP contribution in [0.4, 0.5) is 5.69 Å².